The van der Waals surface area contributed by atoms with Crippen LogP contribution in [0.4, 0.5) is 5.69 Å². The predicted octanol–water partition coefficient (Wildman–Crippen LogP) is 1.83. The maximum atomic E-state index is 13.3. The fourth-order valence-electron chi connectivity index (χ4n) is 4.04. The van der Waals surface area contributed by atoms with Crippen LogP contribution < -0.4 is 10.2 Å². The molecule has 0 radical (unpaired) electrons. The number of esters is 1. The van der Waals surface area contributed by atoms with Crippen LogP contribution in [-0.4, -0.2) is 52.9 Å². The van der Waals surface area contributed by atoms with E-state index in [0.717, 1.165) is 6.42 Å². The molecule has 2 atom stereocenters. The normalized spacial score (nSPS) is 21.7. The van der Waals surface area contributed by atoms with Crippen molar-refractivity contribution >= 4 is 29.4 Å². The Labute approximate surface area is 170 Å². The molecular formula is C21H27N3O5. The summed E-state index contributed by atoms with van der Waals surface area (Å²) < 4.78 is 5.35. The first-order chi connectivity index (χ1) is 13.7. The van der Waals surface area contributed by atoms with Gasteiger partial charge in [-0.25, -0.2) is 4.79 Å². The largest absolute Gasteiger partial charge is 0.452 e. The second kappa shape index (κ2) is 7.85. The van der Waals surface area contributed by atoms with Gasteiger partial charge in [0.25, 0.3) is 11.8 Å². The van der Waals surface area contributed by atoms with Gasteiger partial charge >= 0.3 is 5.97 Å². The summed E-state index contributed by atoms with van der Waals surface area (Å²) in [5.74, 6) is -1.77. The Bertz CT molecular complexity index is 852. The third kappa shape index (κ3) is 3.36. The summed E-state index contributed by atoms with van der Waals surface area (Å²) in [6.45, 7) is 6.90. The van der Waals surface area contributed by atoms with E-state index >= 15 is 0 Å². The van der Waals surface area contributed by atoms with E-state index in [1.54, 1.807) is 38.1 Å². The molecule has 1 N–H and O–H groups in total. The average molecular weight is 401 g/mol. The zero-order chi connectivity index (χ0) is 21.3. The Morgan fingerprint density at radius 3 is 2.55 bits per heavy atom. The molecule has 0 bridgehead atoms. The van der Waals surface area contributed by atoms with Gasteiger partial charge in [0.2, 0.25) is 11.6 Å². The van der Waals surface area contributed by atoms with Gasteiger partial charge in [-0.2, -0.15) is 0 Å². The summed E-state index contributed by atoms with van der Waals surface area (Å²) >= 11 is 0. The van der Waals surface area contributed by atoms with Crippen LogP contribution in [-0.2, 0) is 19.1 Å². The molecule has 2 aliphatic heterocycles. The minimum Gasteiger partial charge on any atom is -0.452 e. The molecule has 29 heavy (non-hydrogen) atoms. The third-order valence-electron chi connectivity index (χ3n) is 5.50. The first-order valence-electron chi connectivity index (χ1n) is 9.96. The highest BCUT2D eigenvalue weighted by Crippen LogP contribution is 2.45. The van der Waals surface area contributed by atoms with E-state index in [2.05, 4.69) is 5.32 Å². The van der Waals surface area contributed by atoms with Crippen LogP contribution in [0, 0.1) is 0 Å². The minimum atomic E-state index is -1.58. The highest BCUT2D eigenvalue weighted by Gasteiger charge is 2.62. The molecule has 2 aliphatic rings. The van der Waals surface area contributed by atoms with Crippen molar-refractivity contribution in [1.82, 2.24) is 10.2 Å². The maximum Gasteiger partial charge on any atom is 0.354 e. The van der Waals surface area contributed by atoms with Gasteiger partial charge < -0.3 is 15.0 Å². The summed E-state index contributed by atoms with van der Waals surface area (Å²) in [4.78, 5) is 54.2. The van der Waals surface area contributed by atoms with Crippen LogP contribution in [0.2, 0.25) is 0 Å². The SMILES string of the molecule is CC[C@@H](C)NC(=O)COC(=O)[C@]12CCC(=O)N1c1ccccc1C(=O)N2C(C)C. The van der Waals surface area contributed by atoms with Crippen molar-refractivity contribution in [3.63, 3.8) is 0 Å². The zero-order valence-corrected chi connectivity index (χ0v) is 17.2. The molecular weight excluding hydrogens is 374 g/mol. The molecule has 2 heterocycles. The van der Waals surface area contributed by atoms with Gasteiger partial charge in [0.15, 0.2) is 6.61 Å². The number of rotatable bonds is 6. The fraction of sp³-hybridized carbons (Fsp3) is 0.524. The highest BCUT2D eigenvalue weighted by molar-refractivity contribution is 6.15. The Kier molecular flexibility index (Phi) is 5.64. The van der Waals surface area contributed by atoms with E-state index in [-0.39, 0.29) is 36.7 Å². The maximum absolute atomic E-state index is 13.3. The topological polar surface area (TPSA) is 96.0 Å². The van der Waals surface area contributed by atoms with Crippen molar-refractivity contribution in [1.29, 1.82) is 0 Å². The number of para-hydroxylation sites is 1. The lowest BCUT2D eigenvalue weighted by Gasteiger charge is -2.50. The van der Waals surface area contributed by atoms with Crippen molar-refractivity contribution in [3.8, 4) is 0 Å². The number of fused-ring (bicyclic) bond motifs is 3. The Morgan fingerprint density at radius 2 is 1.90 bits per heavy atom. The Hall–Kier alpha value is -2.90. The summed E-state index contributed by atoms with van der Waals surface area (Å²) in [6, 6.07) is 6.35. The van der Waals surface area contributed by atoms with Crippen LogP contribution >= 0.6 is 0 Å². The Balaban J connectivity index is 1.97. The smallest absolute Gasteiger partial charge is 0.354 e. The van der Waals surface area contributed by atoms with Gasteiger partial charge in [0, 0.05) is 24.9 Å². The van der Waals surface area contributed by atoms with E-state index in [1.807, 2.05) is 13.8 Å². The second-order valence-electron chi connectivity index (χ2n) is 7.78. The first kappa shape index (κ1) is 20.8. The van der Waals surface area contributed by atoms with E-state index < -0.39 is 24.1 Å². The molecule has 0 aromatic heterocycles. The molecule has 156 valence electrons. The molecule has 8 heteroatoms. The summed E-state index contributed by atoms with van der Waals surface area (Å²) in [7, 11) is 0. The number of hydrogen-bond acceptors (Lipinski definition) is 5. The molecule has 3 rings (SSSR count). The standard InChI is InChI=1S/C21H27N3O5/c1-5-14(4)22-17(25)12-29-20(28)21-11-10-18(26)24(21)16-9-7-6-8-15(16)19(27)23(21)13(2)3/h6-9,13-14H,5,10-12H2,1-4H3,(H,22,25)/t14-,21+/m1/s1. The number of carbonyl (C=O) groups is 4. The number of nitrogens with zero attached hydrogens (tertiary/aromatic N) is 2. The molecule has 0 aliphatic carbocycles. The van der Waals surface area contributed by atoms with Crippen LogP contribution in [0.5, 0.6) is 0 Å². The fourth-order valence-corrected chi connectivity index (χ4v) is 4.04. The lowest BCUT2D eigenvalue weighted by molar-refractivity contribution is -0.161. The average Bonchev–Trinajstić information content (AvgIpc) is 3.04. The second-order valence-corrected chi connectivity index (χ2v) is 7.78. The predicted molar refractivity (Wildman–Crippen MR) is 106 cm³/mol. The number of carbonyl (C=O) groups excluding carboxylic acids is 4. The van der Waals surface area contributed by atoms with Crippen molar-refractivity contribution in [3.05, 3.63) is 29.8 Å². The van der Waals surface area contributed by atoms with Crippen molar-refractivity contribution < 1.29 is 23.9 Å². The zero-order valence-electron chi connectivity index (χ0n) is 17.2. The van der Waals surface area contributed by atoms with Gasteiger partial charge in [-0.3, -0.25) is 19.3 Å². The molecule has 1 saturated heterocycles. The number of amides is 3. The monoisotopic (exact) mass is 401 g/mol. The lowest BCUT2D eigenvalue weighted by Crippen LogP contribution is -2.70. The molecule has 1 aromatic carbocycles. The first-order valence-corrected chi connectivity index (χ1v) is 9.96. The summed E-state index contributed by atoms with van der Waals surface area (Å²) in [5, 5.41) is 2.74. The number of anilines is 1. The summed E-state index contributed by atoms with van der Waals surface area (Å²) in [5.41, 5.74) is -0.805. The molecule has 0 unspecified atom stereocenters. The van der Waals surface area contributed by atoms with Crippen LogP contribution in [0.3, 0.4) is 0 Å². The quantitative estimate of drug-likeness (QED) is 0.734. The number of benzene rings is 1. The van der Waals surface area contributed by atoms with E-state index in [1.165, 1.54) is 9.80 Å². The molecule has 1 fully saturated rings. The Morgan fingerprint density at radius 1 is 1.21 bits per heavy atom. The molecule has 3 amide bonds. The van der Waals surface area contributed by atoms with Gasteiger partial charge in [0.05, 0.1) is 11.3 Å². The van der Waals surface area contributed by atoms with Crippen molar-refractivity contribution in [2.45, 2.75) is 64.7 Å². The van der Waals surface area contributed by atoms with Crippen LogP contribution in [0.1, 0.15) is 57.3 Å². The third-order valence-corrected chi connectivity index (χ3v) is 5.50. The van der Waals surface area contributed by atoms with Crippen LogP contribution in [0.15, 0.2) is 24.3 Å². The van der Waals surface area contributed by atoms with Crippen molar-refractivity contribution in [2.75, 3.05) is 11.5 Å². The number of ether oxygens (including phenoxy) is 1. The number of nitrogens with one attached hydrogen (secondary N) is 1. The van der Waals surface area contributed by atoms with E-state index in [0.29, 0.717) is 11.3 Å². The van der Waals surface area contributed by atoms with E-state index in [9.17, 15) is 19.2 Å². The molecule has 0 saturated carbocycles. The van der Waals surface area contributed by atoms with Crippen LogP contribution in [0.25, 0.3) is 0 Å². The minimum absolute atomic E-state index is 0.0424. The van der Waals surface area contributed by atoms with Gasteiger partial charge in [-0.15, -0.1) is 0 Å². The highest BCUT2D eigenvalue weighted by atomic mass is 16.5. The molecule has 1 aromatic rings. The van der Waals surface area contributed by atoms with Gasteiger partial charge in [-0.1, -0.05) is 19.1 Å². The molecule has 0 spiro atoms. The lowest BCUT2D eigenvalue weighted by atomic mass is 9.95. The summed E-state index contributed by atoms with van der Waals surface area (Å²) in [6.07, 6.45) is 0.979. The van der Waals surface area contributed by atoms with E-state index in [4.69, 9.17) is 4.74 Å². The van der Waals surface area contributed by atoms with Crippen molar-refractivity contribution in [2.24, 2.45) is 0 Å². The van der Waals surface area contributed by atoms with Gasteiger partial charge in [0.1, 0.15) is 0 Å². The number of hydrogen-bond donors (Lipinski definition) is 1. The molecule has 8 nitrogen and oxygen atoms in total. The van der Waals surface area contributed by atoms with Gasteiger partial charge in [-0.05, 0) is 39.3 Å².